The highest BCUT2D eigenvalue weighted by Crippen LogP contribution is 2.22. The lowest BCUT2D eigenvalue weighted by Gasteiger charge is -2.36. The summed E-state index contributed by atoms with van der Waals surface area (Å²) >= 11 is 0. The van der Waals surface area contributed by atoms with E-state index < -0.39 is 0 Å². The third kappa shape index (κ3) is 4.52. The summed E-state index contributed by atoms with van der Waals surface area (Å²) in [5, 5.41) is 0. The minimum Gasteiger partial charge on any atom is -0.353 e. The van der Waals surface area contributed by atoms with E-state index in [-0.39, 0.29) is 5.91 Å². The molecule has 1 aromatic heterocycles. The van der Waals surface area contributed by atoms with Gasteiger partial charge in [0.2, 0.25) is 5.95 Å². The number of hydrogen-bond acceptors (Lipinski definition) is 5. The second-order valence-corrected chi connectivity index (χ2v) is 8.37. The van der Waals surface area contributed by atoms with Gasteiger partial charge in [0.1, 0.15) is 5.82 Å². The Hall–Kier alpha value is -2.63. The average molecular weight is 394 g/mol. The lowest BCUT2D eigenvalue weighted by atomic mass is 10.1. The van der Waals surface area contributed by atoms with Crippen LogP contribution in [0, 0.1) is 20.8 Å². The van der Waals surface area contributed by atoms with Crippen molar-refractivity contribution in [3.63, 3.8) is 0 Å². The summed E-state index contributed by atoms with van der Waals surface area (Å²) in [7, 11) is 0. The third-order valence-corrected chi connectivity index (χ3v) is 5.83. The van der Waals surface area contributed by atoms with Gasteiger partial charge in [-0.2, -0.15) is 4.98 Å². The maximum Gasteiger partial charge on any atom is 0.253 e. The molecule has 2 fully saturated rings. The summed E-state index contributed by atoms with van der Waals surface area (Å²) in [6.07, 6.45) is 3.73. The minimum absolute atomic E-state index is 0.129. The molecular weight excluding hydrogens is 362 g/mol. The van der Waals surface area contributed by atoms with E-state index in [2.05, 4.69) is 26.9 Å². The van der Waals surface area contributed by atoms with Crippen LogP contribution in [0.25, 0.3) is 0 Å². The number of benzene rings is 1. The predicted molar refractivity (Wildman–Crippen MR) is 117 cm³/mol. The number of nitrogens with zero attached hydrogens (tertiary/aromatic N) is 5. The van der Waals surface area contributed by atoms with Gasteiger partial charge in [-0.25, -0.2) is 4.98 Å². The van der Waals surface area contributed by atoms with Crippen LogP contribution in [0.3, 0.4) is 0 Å². The molecule has 3 heterocycles. The zero-order chi connectivity index (χ0) is 20.4. The van der Waals surface area contributed by atoms with Gasteiger partial charge in [-0.3, -0.25) is 4.79 Å². The number of aryl methyl sites for hydroxylation is 3. The smallest absolute Gasteiger partial charge is 0.253 e. The van der Waals surface area contributed by atoms with Gasteiger partial charge in [-0.1, -0.05) is 17.2 Å². The van der Waals surface area contributed by atoms with E-state index in [4.69, 9.17) is 4.98 Å². The molecule has 154 valence electrons. The molecule has 1 aromatic carbocycles. The normalized spacial score (nSPS) is 17.6. The highest BCUT2D eigenvalue weighted by atomic mass is 16.2. The van der Waals surface area contributed by atoms with Crippen LogP contribution in [0.15, 0.2) is 24.3 Å². The van der Waals surface area contributed by atoms with Gasteiger partial charge in [-0.15, -0.1) is 0 Å². The van der Waals surface area contributed by atoms with Crippen LogP contribution in [0.1, 0.15) is 46.4 Å². The van der Waals surface area contributed by atoms with Crippen LogP contribution in [0.2, 0.25) is 0 Å². The van der Waals surface area contributed by atoms with Crippen molar-refractivity contribution in [2.24, 2.45) is 0 Å². The summed E-state index contributed by atoms with van der Waals surface area (Å²) in [6, 6.07) is 8.14. The quantitative estimate of drug-likeness (QED) is 0.800. The SMILES string of the molecule is Cc1cc(C)cc(C(=O)N2CCN(c3cc(C)nc(N4CCCCC4)n3)CC2)c1. The summed E-state index contributed by atoms with van der Waals surface area (Å²) in [6.45, 7) is 11.2. The topological polar surface area (TPSA) is 52.6 Å². The van der Waals surface area contributed by atoms with Crippen molar-refractivity contribution in [2.45, 2.75) is 40.0 Å². The summed E-state index contributed by atoms with van der Waals surface area (Å²) in [4.78, 5) is 29.0. The van der Waals surface area contributed by atoms with Crippen LogP contribution in [-0.2, 0) is 0 Å². The first-order valence-electron chi connectivity index (χ1n) is 10.7. The van der Waals surface area contributed by atoms with E-state index in [0.29, 0.717) is 13.1 Å². The highest BCUT2D eigenvalue weighted by molar-refractivity contribution is 5.94. The molecule has 6 heteroatoms. The molecule has 0 bridgehead atoms. The van der Waals surface area contributed by atoms with Gasteiger partial charge in [0.05, 0.1) is 0 Å². The van der Waals surface area contributed by atoms with Crippen LogP contribution >= 0.6 is 0 Å². The number of carbonyl (C=O) groups is 1. The Morgan fingerprint density at radius 1 is 0.759 bits per heavy atom. The molecule has 2 saturated heterocycles. The van der Waals surface area contributed by atoms with E-state index in [9.17, 15) is 4.79 Å². The summed E-state index contributed by atoms with van der Waals surface area (Å²) in [5.74, 6) is 1.97. The Balaban J connectivity index is 1.44. The van der Waals surface area contributed by atoms with Crippen molar-refractivity contribution < 1.29 is 4.79 Å². The fraction of sp³-hybridized carbons (Fsp3) is 0.522. The number of amides is 1. The van der Waals surface area contributed by atoms with Crippen molar-refractivity contribution in [1.82, 2.24) is 14.9 Å². The molecule has 0 atom stereocenters. The zero-order valence-corrected chi connectivity index (χ0v) is 17.8. The van der Waals surface area contributed by atoms with E-state index in [1.165, 1.54) is 19.3 Å². The fourth-order valence-electron chi connectivity index (χ4n) is 4.35. The van der Waals surface area contributed by atoms with Crippen LogP contribution in [0.4, 0.5) is 11.8 Å². The summed E-state index contributed by atoms with van der Waals surface area (Å²) in [5.41, 5.74) is 4.06. The van der Waals surface area contributed by atoms with Crippen molar-refractivity contribution in [3.8, 4) is 0 Å². The predicted octanol–water partition coefficient (Wildman–Crippen LogP) is 3.35. The molecule has 0 unspecified atom stereocenters. The maximum atomic E-state index is 12.9. The first kappa shape index (κ1) is 19.7. The number of anilines is 2. The lowest BCUT2D eigenvalue weighted by molar-refractivity contribution is 0.0746. The van der Waals surface area contributed by atoms with E-state index in [1.54, 1.807) is 0 Å². The molecule has 6 nitrogen and oxygen atoms in total. The second kappa shape index (κ2) is 8.39. The number of piperidine rings is 1. The lowest BCUT2D eigenvalue weighted by Crippen LogP contribution is -2.49. The highest BCUT2D eigenvalue weighted by Gasteiger charge is 2.24. The van der Waals surface area contributed by atoms with Crippen molar-refractivity contribution in [3.05, 3.63) is 46.6 Å². The summed E-state index contributed by atoms with van der Waals surface area (Å²) < 4.78 is 0. The van der Waals surface area contributed by atoms with Crippen LogP contribution < -0.4 is 9.80 Å². The van der Waals surface area contributed by atoms with Gasteiger partial charge in [0, 0.05) is 56.6 Å². The van der Waals surface area contributed by atoms with Gasteiger partial charge in [0.15, 0.2) is 0 Å². The van der Waals surface area contributed by atoms with Gasteiger partial charge < -0.3 is 14.7 Å². The van der Waals surface area contributed by atoms with Crippen molar-refractivity contribution >= 4 is 17.7 Å². The molecule has 0 N–H and O–H groups in total. The average Bonchev–Trinajstić information content (AvgIpc) is 2.73. The largest absolute Gasteiger partial charge is 0.353 e. The monoisotopic (exact) mass is 393 g/mol. The number of aromatic nitrogens is 2. The second-order valence-electron chi connectivity index (χ2n) is 8.37. The van der Waals surface area contributed by atoms with Gasteiger partial charge in [-0.05, 0) is 52.2 Å². The third-order valence-electron chi connectivity index (χ3n) is 5.83. The standard InChI is InChI=1S/C23H31N5O/c1-17-13-18(2)15-20(14-17)22(29)27-11-9-26(10-12-27)21-16-19(3)24-23(25-21)28-7-5-4-6-8-28/h13-16H,4-12H2,1-3H3. The van der Waals surface area contributed by atoms with Gasteiger partial charge in [0.25, 0.3) is 5.91 Å². The van der Waals surface area contributed by atoms with E-state index in [1.807, 2.05) is 37.8 Å². The molecule has 1 amide bonds. The maximum absolute atomic E-state index is 12.9. The fourth-order valence-corrected chi connectivity index (χ4v) is 4.35. The molecule has 0 radical (unpaired) electrons. The molecule has 2 aliphatic rings. The van der Waals surface area contributed by atoms with E-state index in [0.717, 1.165) is 60.3 Å². The molecular formula is C23H31N5O. The molecule has 2 aliphatic heterocycles. The molecule has 0 spiro atoms. The van der Waals surface area contributed by atoms with Gasteiger partial charge >= 0.3 is 0 Å². The Labute approximate surface area is 173 Å². The Morgan fingerprint density at radius 3 is 2.07 bits per heavy atom. The minimum atomic E-state index is 0.129. The number of carbonyl (C=O) groups excluding carboxylic acids is 1. The molecule has 29 heavy (non-hydrogen) atoms. The number of hydrogen-bond donors (Lipinski definition) is 0. The zero-order valence-electron chi connectivity index (χ0n) is 17.8. The van der Waals surface area contributed by atoms with Crippen LogP contribution in [0.5, 0.6) is 0 Å². The Morgan fingerprint density at radius 2 is 1.41 bits per heavy atom. The Kier molecular flexibility index (Phi) is 5.69. The number of rotatable bonds is 3. The number of piperazine rings is 1. The first-order chi connectivity index (χ1) is 14.0. The van der Waals surface area contributed by atoms with E-state index >= 15 is 0 Å². The van der Waals surface area contributed by atoms with Crippen LogP contribution in [-0.4, -0.2) is 60.0 Å². The molecule has 4 rings (SSSR count). The molecule has 2 aromatic rings. The molecule has 0 saturated carbocycles. The van der Waals surface area contributed by atoms with Crippen molar-refractivity contribution in [1.29, 1.82) is 0 Å². The Bertz CT molecular complexity index is 863. The molecule has 0 aliphatic carbocycles. The first-order valence-corrected chi connectivity index (χ1v) is 10.7. The van der Waals surface area contributed by atoms with Crippen molar-refractivity contribution in [2.75, 3.05) is 49.1 Å².